The Morgan fingerprint density at radius 3 is 2.44 bits per heavy atom. The second kappa shape index (κ2) is 8.05. The number of carbonyl (C=O) groups is 1. The molecule has 1 heterocycles. The first-order chi connectivity index (χ1) is 15.7. The minimum Gasteiger partial charge on any atom is -0.452 e. The van der Waals surface area contributed by atoms with Crippen LogP contribution in [-0.4, -0.2) is 39.3 Å². The van der Waals surface area contributed by atoms with Crippen molar-refractivity contribution in [3.05, 3.63) is 65.0 Å². The van der Waals surface area contributed by atoms with E-state index >= 15 is 0 Å². The van der Waals surface area contributed by atoms with Crippen LogP contribution in [0.2, 0.25) is 0 Å². The summed E-state index contributed by atoms with van der Waals surface area (Å²) >= 11 is 0. The number of fused-ring (bicyclic) bond motifs is 3. The van der Waals surface area contributed by atoms with Gasteiger partial charge in [-0.2, -0.15) is 13.2 Å². The highest BCUT2D eigenvalue weighted by molar-refractivity contribution is 7.92. The Labute approximate surface area is 195 Å². The van der Waals surface area contributed by atoms with Crippen LogP contribution in [-0.2, 0) is 36.0 Å². The summed E-state index contributed by atoms with van der Waals surface area (Å²) in [6.07, 6.45) is -6.19. The fourth-order valence-corrected chi connectivity index (χ4v) is 7.52. The molecular formula is C24H25F4NO4S. The van der Waals surface area contributed by atoms with Gasteiger partial charge in [0.05, 0.1) is 4.90 Å². The van der Waals surface area contributed by atoms with E-state index in [2.05, 4.69) is 5.32 Å². The molecule has 1 saturated heterocycles. The van der Waals surface area contributed by atoms with Crippen molar-refractivity contribution in [1.29, 1.82) is 0 Å². The molecule has 5 nitrogen and oxygen atoms in total. The van der Waals surface area contributed by atoms with Gasteiger partial charge in [0.1, 0.15) is 11.9 Å². The van der Waals surface area contributed by atoms with Gasteiger partial charge in [-0.15, -0.1) is 0 Å². The number of hydrogen-bond acceptors (Lipinski definition) is 5. The quantitative estimate of drug-likeness (QED) is 0.507. The summed E-state index contributed by atoms with van der Waals surface area (Å²) in [5.41, 5.74) is 1.60. The van der Waals surface area contributed by atoms with Crippen molar-refractivity contribution in [2.45, 2.75) is 67.0 Å². The Hall–Kier alpha value is -2.46. The molecule has 3 unspecified atom stereocenters. The molecule has 1 aliphatic heterocycles. The maximum atomic E-state index is 14.1. The molecule has 0 saturated carbocycles. The van der Waals surface area contributed by atoms with Crippen LogP contribution in [0.3, 0.4) is 0 Å². The Kier molecular flexibility index (Phi) is 5.84. The van der Waals surface area contributed by atoms with Crippen molar-refractivity contribution >= 4 is 15.8 Å². The Morgan fingerprint density at radius 2 is 1.82 bits per heavy atom. The zero-order valence-electron chi connectivity index (χ0n) is 18.9. The highest BCUT2D eigenvalue weighted by Crippen LogP contribution is 2.51. The number of aryl methyl sites for hydroxylation is 1. The van der Waals surface area contributed by atoms with E-state index in [1.807, 2.05) is 26.8 Å². The fraction of sp³-hybridized carbons (Fsp3) is 0.458. The fourth-order valence-electron chi connectivity index (χ4n) is 5.06. The van der Waals surface area contributed by atoms with Crippen molar-refractivity contribution in [2.75, 3.05) is 6.54 Å². The Bertz CT molecular complexity index is 1240. The molecule has 2 aliphatic rings. The molecule has 1 fully saturated rings. The molecule has 2 aromatic rings. The third kappa shape index (κ3) is 3.80. The standard InChI is InChI=1S/C24H25F4NO4S/c1-22(2,3)15-8-9-18-14(11-15)7-10-19-23(18,20(13-29-19)33-21(30)24(26,27)28)34(31,32)17-6-4-5-16(25)12-17/h4-6,8-9,11-12,19-20,29H,7,10,13H2,1-3H3. The number of ether oxygens (including phenoxy) is 1. The van der Waals surface area contributed by atoms with Crippen LogP contribution in [0.4, 0.5) is 17.6 Å². The normalized spacial score (nSPS) is 24.9. The number of rotatable bonds is 3. The number of esters is 1. The van der Waals surface area contributed by atoms with Crippen molar-refractivity contribution in [1.82, 2.24) is 5.32 Å². The molecule has 10 heteroatoms. The molecule has 3 atom stereocenters. The number of sulfone groups is 1. The van der Waals surface area contributed by atoms with E-state index in [0.717, 1.165) is 17.7 Å². The van der Waals surface area contributed by atoms with Gasteiger partial charge in [0, 0.05) is 12.6 Å². The molecule has 4 rings (SSSR count). The number of carbonyl (C=O) groups excluding carboxylic acids is 1. The van der Waals surface area contributed by atoms with Gasteiger partial charge in [0.15, 0.2) is 14.6 Å². The largest absolute Gasteiger partial charge is 0.490 e. The van der Waals surface area contributed by atoms with Crippen LogP contribution in [0.15, 0.2) is 47.4 Å². The summed E-state index contributed by atoms with van der Waals surface area (Å²) in [6, 6.07) is 8.69. The van der Waals surface area contributed by atoms with Gasteiger partial charge in [-0.25, -0.2) is 17.6 Å². The highest BCUT2D eigenvalue weighted by Gasteiger charge is 2.65. The molecule has 34 heavy (non-hydrogen) atoms. The predicted molar refractivity (Wildman–Crippen MR) is 116 cm³/mol. The topological polar surface area (TPSA) is 72.5 Å². The average molecular weight is 500 g/mol. The lowest BCUT2D eigenvalue weighted by Crippen LogP contribution is -2.56. The van der Waals surface area contributed by atoms with E-state index in [-0.39, 0.29) is 28.8 Å². The summed E-state index contributed by atoms with van der Waals surface area (Å²) < 4.78 is 84.5. The van der Waals surface area contributed by atoms with Crippen molar-refractivity contribution in [3.63, 3.8) is 0 Å². The van der Waals surface area contributed by atoms with Crippen LogP contribution in [0.1, 0.15) is 43.9 Å². The molecule has 0 spiro atoms. The van der Waals surface area contributed by atoms with Crippen LogP contribution >= 0.6 is 0 Å². The molecule has 1 aliphatic carbocycles. The molecule has 0 bridgehead atoms. The maximum absolute atomic E-state index is 14.1. The van der Waals surface area contributed by atoms with Crippen molar-refractivity contribution in [3.8, 4) is 0 Å². The van der Waals surface area contributed by atoms with Gasteiger partial charge in [-0.1, -0.05) is 45.0 Å². The molecule has 2 aromatic carbocycles. The number of hydrogen-bond donors (Lipinski definition) is 1. The van der Waals surface area contributed by atoms with Gasteiger partial charge in [-0.05, 0) is 53.1 Å². The van der Waals surface area contributed by atoms with E-state index in [1.54, 1.807) is 12.1 Å². The van der Waals surface area contributed by atoms with E-state index in [0.29, 0.717) is 12.0 Å². The van der Waals surface area contributed by atoms with E-state index in [9.17, 15) is 30.8 Å². The second-order valence-electron chi connectivity index (χ2n) is 9.77. The first-order valence-corrected chi connectivity index (χ1v) is 12.3. The Balaban J connectivity index is 1.98. The molecule has 1 N–H and O–H groups in total. The monoisotopic (exact) mass is 499 g/mol. The van der Waals surface area contributed by atoms with Crippen LogP contribution in [0, 0.1) is 5.82 Å². The van der Waals surface area contributed by atoms with Gasteiger partial charge in [0.2, 0.25) is 0 Å². The molecule has 0 aromatic heterocycles. The minimum absolute atomic E-state index is 0.253. The first kappa shape index (κ1) is 24.7. The lowest BCUT2D eigenvalue weighted by molar-refractivity contribution is -0.205. The van der Waals surface area contributed by atoms with Gasteiger partial charge >= 0.3 is 12.1 Å². The Morgan fingerprint density at radius 1 is 1.12 bits per heavy atom. The number of alkyl halides is 3. The summed E-state index contributed by atoms with van der Waals surface area (Å²) in [6.45, 7) is 5.68. The second-order valence-corrected chi connectivity index (χ2v) is 11.9. The van der Waals surface area contributed by atoms with E-state index in [1.165, 1.54) is 12.1 Å². The average Bonchev–Trinajstić information content (AvgIpc) is 3.12. The molecular weight excluding hydrogens is 474 g/mol. The van der Waals surface area contributed by atoms with Crippen LogP contribution < -0.4 is 5.32 Å². The van der Waals surface area contributed by atoms with Gasteiger partial charge in [-0.3, -0.25) is 0 Å². The summed E-state index contributed by atoms with van der Waals surface area (Å²) in [4.78, 5) is 11.4. The first-order valence-electron chi connectivity index (χ1n) is 10.8. The number of benzene rings is 2. The molecule has 0 radical (unpaired) electrons. The summed E-state index contributed by atoms with van der Waals surface area (Å²) in [5, 5.41) is 2.97. The number of nitrogens with one attached hydrogen (secondary N) is 1. The van der Waals surface area contributed by atoms with Crippen LogP contribution in [0.5, 0.6) is 0 Å². The summed E-state index contributed by atoms with van der Waals surface area (Å²) in [5.74, 6) is -3.27. The maximum Gasteiger partial charge on any atom is 0.490 e. The van der Waals surface area contributed by atoms with Gasteiger partial charge < -0.3 is 10.1 Å². The SMILES string of the molecule is CC(C)(C)c1ccc2c(c1)CCC1NCC(OC(=O)C(F)(F)F)C21S(=O)(=O)c1cccc(F)c1. The molecule has 0 amide bonds. The van der Waals surface area contributed by atoms with Crippen molar-refractivity contribution in [2.24, 2.45) is 0 Å². The van der Waals surface area contributed by atoms with Gasteiger partial charge in [0.25, 0.3) is 0 Å². The predicted octanol–water partition coefficient (Wildman–Crippen LogP) is 4.18. The lowest BCUT2D eigenvalue weighted by atomic mass is 9.75. The van der Waals surface area contributed by atoms with Crippen molar-refractivity contribution < 1.29 is 35.5 Å². The molecule has 184 valence electrons. The zero-order valence-corrected chi connectivity index (χ0v) is 19.7. The minimum atomic E-state index is -5.30. The zero-order chi connectivity index (χ0) is 25.1. The summed E-state index contributed by atoms with van der Waals surface area (Å²) in [7, 11) is -4.53. The van der Waals surface area contributed by atoms with E-state index < -0.39 is 44.7 Å². The third-order valence-corrected chi connectivity index (χ3v) is 9.20. The van der Waals surface area contributed by atoms with Crippen LogP contribution in [0.25, 0.3) is 0 Å². The lowest BCUT2D eigenvalue weighted by Gasteiger charge is -2.43. The third-order valence-electron chi connectivity index (χ3n) is 6.67. The van der Waals surface area contributed by atoms with E-state index in [4.69, 9.17) is 4.74 Å². The smallest absolute Gasteiger partial charge is 0.452 e. The number of halogens is 4. The highest BCUT2D eigenvalue weighted by atomic mass is 32.2.